The molecule has 1 aliphatic rings. The van der Waals surface area contributed by atoms with Gasteiger partial charge in [-0.15, -0.1) is 0 Å². The third-order valence-corrected chi connectivity index (χ3v) is 4.21. The molecule has 132 valence electrons. The second-order valence-corrected chi connectivity index (χ2v) is 6.34. The maximum atomic E-state index is 13.1. The number of hydrogen-bond donors (Lipinski definition) is 1. The van der Waals surface area contributed by atoms with E-state index in [1.807, 2.05) is 25.8 Å². The summed E-state index contributed by atoms with van der Waals surface area (Å²) in [7, 11) is 1.86. The Morgan fingerprint density at radius 2 is 2.04 bits per heavy atom. The Labute approximate surface area is 142 Å². The first-order valence-electron chi connectivity index (χ1n) is 7.21. The molecule has 0 spiro atoms. The number of carboxylic acids is 1. The second kappa shape index (κ2) is 6.64. The van der Waals surface area contributed by atoms with Crippen LogP contribution in [0.15, 0.2) is 17.7 Å². The standard InChI is InChI=1S/C16H17ClF3NO3/c1-8(2)21(3)7-10-6-13-9(5-12(10)17)4-11(15(22)23)14(24-13)16(18,19)20/h4-6,8,14H,7H2,1-3H3,(H,22,23). The number of nitrogens with zero attached hydrogens (tertiary/aromatic N) is 1. The minimum Gasteiger partial charge on any atom is -0.478 e. The van der Waals surface area contributed by atoms with Crippen molar-refractivity contribution in [3.63, 3.8) is 0 Å². The van der Waals surface area contributed by atoms with Gasteiger partial charge in [-0.05, 0) is 44.7 Å². The van der Waals surface area contributed by atoms with E-state index in [2.05, 4.69) is 0 Å². The Hall–Kier alpha value is -1.73. The van der Waals surface area contributed by atoms with Crippen molar-refractivity contribution in [3.8, 4) is 5.75 Å². The van der Waals surface area contributed by atoms with Gasteiger partial charge in [-0.1, -0.05) is 11.6 Å². The van der Waals surface area contributed by atoms with E-state index >= 15 is 0 Å². The van der Waals surface area contributed by atoms with Crippen LogP contribution < -0.4 is 4.74 Å². The molecular weight excluding hydrogens is 347 g/mol. The molecule has 1 aromatic rings. The molecule has 0 radical (unpaired) electrons. The van der Waals surface area contributed by atoms with Gasteiger partial charge in [0.1, 0.15) is 5.75 Å². The van der Waals surface area contributed by atoms with Gasteiger partial charge in [-0.2, -0.15) is 13.2 Å². The summed E-state index contributed by atoms with van der Waals surface area (Å²) < 4.78 is 44.2. The Morgan fingerprint density at radius 3 is 2.54 bits per heavy atom. The highest BCUT2D eigenvalue weighted by molar-refractivity contribution is 6.31. The van der Waals surface area contributed by atoms with E-state index < -0.39 is 23.8 Å². The first kappa shape index (κ1) is 18.6. The van der Waals surface area contributed by atoms with Crippen molar-refractivity contribution in [2.75, 3.05) is 7.05 Å². The van der Waals surface area contributed by atoms with Crippen LogP contribution in [0.4, 0.5) is 13.2 Å². The van der Waals surface area contributed by atoms with Gasteiger partial charge in [-0.25, -0.2) is 4.79 Å². The van der Waals surface area contributed by atoms with Crippen LogP contribution >= 0.6 is 11.6 Å². The van der Waals surface area contributed by atoms with Crippen molar-refractivity contribution < 1.29 is 27.8 Å². The molecule has 0 amide bonds. The molecule has 1 aliphatic heterocycles. The Bertz CT molecular complexity index is 686. The van der Waals surface area contributed by atoms with Crippen molar-refractivity contribution in [2.24, 2.45) is 0 Å². The monoisotopic (exact) mass is 363 g/mol. The van der Waals surface area contributed by atoms with Crippen LogP contribution in [0.2, 0.25) is 5.02 Å². The van der Waals surface area contributed by atoms with Crippen LogP contribution in [0.1, 0.15) is 25.0 Å². The van der Waals surface area contributed by atoms with Crippen LogP contribution in [-0.2, 0) is 11.3 Å². The fourth-order valence-electron chi connectivity index (χ4n) is 2.25. The summed E-state index contributed by atoms with van der Waals surface area (Å²) in [5.74, 6) is -1.71. The number of aliphatic carboxylic acids is 1. The average Bonchev–Trinajstić information content (AvgIpc) is 2.45. The highest BCUT2D eigenvalue weighted by Gasteiger charge is 2.48. The van der Waals surface area contributed by atoms with E-state index in [0.29, 0.717) is 17.1 Å². The zero-order valence-electron chi connectivity index (χ0n) is 13.3. The molecule has 1 unspecified atom stereocenters. The van der Waals surface area contributed by atoms with Crippen LogP contribution in [0.25, 0.3) is 6.08 Å². The first-order chi connectivity index (χ1) is 11.0. The molecule has 0 aromatic heterocycles. The molecule has 8 heteroatoms. The van der Waals surface area contributed by atoms with Crippen LogP contribution in [-0.4, -0.2) is 41.3 Å². The number of carboxylic acid groups (broad SMARTS) is 1. The summed E-state index contributed by atoms with van der Waals surface area (Å²) in [5.41, 5.74) is -0.0355. The quantitative estimate of drug-likeness (QED) is 0.879. The lowest BCUT2D eigenvalue weighted by atomic mass is 9.99. The SMILES string of the molecule is CC(C)N(C)Cc1cc2c(cc1Cl)C=C(C(=O)O)C(C(F)(F)F)O2. The third kappa shape index (κ3) is 3.84. The number of halogens is 4. The number of carbonyl (C=O) groups is 1. The van der Waals surface area contributed by atoms with Crippen molar-refractivity contribution in [2.45, 2.75) is 38.7 Å². The molecule has 0 saturated carbocycles. The predicted octanol–water partition coefficient (Wildman–Crippen LogP) is 3.97. The lowest BCUT2D eigenvalue weighted by Gasteiger charge is -2.28. The smallest absolute Gasteiger partial charge is 0.430 e. The molecule has 1 atom stereocenters. The highest BCUT2D eigenvalue weighted by Crippen LogP contribution is 2.39. The zero-order chi connectivity index (χ0) is 18.2. The minimum atomic E-state index is -4.82. The summed E-state index contributed by atoms with van der Waals surface area (Å²) in [5, 5.41) is 9.36. The average molecular weight is 364 g/mol. The van der Waals surface area contributed by atoms with E-state index in [0.717, 1.165) is 6.08 Å². The molecule has 1 heterocycles. The molecule has 0 fully saturated rings. The van der Waals surface area contributed by atoms with Crippen molar-refractivity contribution in [3.05, 3.63) is 33.9 Å². The topological polar surface area (TPSA) is 49.8 Å². The molecule has 0 saturated heterocycles. The lowest BCUT2D eigenvalue weighted by Crippen LogP contribution is -2.40. The van der Waals surface area contributed by atoms with E-state index in [9.17, 15) is 18.0 Å². The van der Waals surface area contributed by atoms with Gasteiger partial charge in [0.2, 0.25) is 6.10 Å². The Kier molecular flexibility index (Phi) is 5.15. The molecule has 0 bridgehead atoms. The number of alkyl halides is 3. The Balaban J connectivity index is 2.45. The van der Waals surface area contributed by atoms with Crippen LogP contribution in [0, 0.1) is 0 Å². The minimum absolute atomic E-state index is 0.0288. The zero-order valence-corrected chi connectivity index (χ0v) is 14.1. The van der Waals surface area contributed by atoms with E-state index in [4.69, 9.17) is 21.4 Å². The normalized spacial score (nSPS) is 17.5. The van der Waals surface area contributed by atoms with Crippen molar-refractivity contribution >= 4 is 23.6 Å². The lowest BCUT2D eigenvalue weighted by molar-refractivity contribution is -0.187. The highest BCUT2D eigenvalue weighted by atomic mass is 35.5. The van der Waals surface area contributed by atoms with Crippen LogP contribution in [0.5, 0.6) is 5.75 Å². The summed E-state index contributed by atoms with van der Waals surface area (Å²) in [6.07, 6.45) is -6.36. The number of ether oxygens (including phenoxy) is 1. The van der Waals surface area contributed by atoms with Gasteiger partial charge < -0.3 is 9.84 Å². The summed E-state index contributed by atoms with van der Waals surface area (Å²) >= 11 is 6.18. The van der Waals surface area contributed by atoms with Crippen molar-refractivity contribution in [1.29, 1.82) is 0 Å². The fourth-order valence-corrected chi connectivity index (χ4v) is 2.48. The van der Waals surface area contributed by atoms with E-state index in [-0.39, 0.29) is 17.4 Å². The Morgan fingerprint density at radius 1 is 1.42 bits per heavy atom. The molecule has 1 aromatic carbocycles. The summed E-state index contributed by atoms with van der Waals surface area (Å²) in [6.45, 7) is 4.38. The summed E-state index contributed by atoms with van der Waals surface area (Å²) in [4.78, 5) is 13.1. The number of benzene rings is 1. The molecule has 0 aliphatic carbocycles. The molecule has 1 N–H and O–H groups in total. The number of hydrogen-bond acceptors (Lipinski definition) is 3. The maximum absolute atomic E-state index is 13.1. The number of fused-ring (bicyclic) bond motifs is 1. The second-order valence-electron chi connectivity index (χ2n) is 5.93. The van der Waals surface area contributed by atoms with Gasteiger partial charge in [-0.3, -0.25) is 4.90 Å². The summed E-state index contributed by atoms with van der Waals surface area (Å²) in [6, 6.07) is 3.08. The molecule has 4 nitrogen and oxygen atoms in total. The fraction of sp³-hybridized carbons (Fsp3) is 0.438. The van der Waals surface area contributed by atoms with Gasteiger partial charge in [0.25, 0.3) is 0 Å². The van der Waals surface area contributed by atoms with E-state index in [1.54, 1.807) is 0 Å². The van der Waals surface area contributed by atoms with Gasteiger partial charge >= 0.3 is 12.1 Å². The third-order valence-electron chi connectivity index (χ3n) is 3.86. The van der Waals surface area contributed by atoms with Crippen LogP contribution in [0.3, 0.4) is 0 Å². The van der Waals surface area contributed by atoms with Gasteiger partial charge in [0.15, 0.2) is 0 Å². The molecule has 2 rings (SSSR count). The number of rotatable bonds is 4. The molecular formula is C16H17ClF3NO3. The van der Waals surface area contributed by atoms with Crippen molar-refractivity contribution in [1.82, 2.24) is 4.90 Å². The predicted molar refractivity (Wildman–Crippen MR) is 84.1 cm³/mol. The van der Waals surface area contributed by atoms with Gasteiger partial charge in [0.05, 0.1) is 5.57 Å². The largest absolute Gasteiger partial charge is 0.478 e. The van der Waals surface area contributed by atoms with E-state index in [1.165, 1.54) is 12.1 Å². The maximum Gasteiger partial charge on any atom is 0.430 e. The first-order valence-corrected chi connectivity index (χ1v) is 7.59. The van der Waals surface area contributed by atoms with Gasteiger partial charge in [0, 0.05) is 23.2 Å². The molecule has 24 heavy (non-hydrogen) atoms.